The summed E-state index contributed by atoms with van der Waals surface area (Å²) in [5, 5.41) is 3.11. The highest BCUT2D eigenvalue weighted by molar-refractivity contribution is 6.26. The Morgan fingerprint density at radius 2 is 0.977 bits per heavy atom. The summed E-state index contributed by atoms with van der Waals surface area (Å²) in [7, 11) is 1.91. The van der Waals surface area contributed by atoms with Crippen molar-refractivity contribution in [3.05, 3.63) is 95.1 Å². The van der Waals surface area contributed by atoms with Gasteiger partial charge < -0.3 is 9.80 Å². The van der Waals surface area contributed by atoms with E-state index in [0.717, 1.165) is 10.8 Å². The van der Waals surface area contributed by atoms with Gasteiger partial charge in [-0.2, -0.15) is 0 Å². The van der Waals surface area contributed by atoms with Crippen molar-refractivity contribution in [3.8, 4) is 0 Å². The molecule has 0 atom stereocenters. The van der Waals surface area contributed by atoms with Gasteiger partial charge in [-0.1, -0.05) is 48.5 Å². The predicted octanol–water partition coefficient (Wildman–Crippen LogP) is 4.06. The lowest BCUT2D eigenvalue weighted by Gasteiger charge is -2.30. The zero-order valence-corrected chi connectivity index (χ0v) is 24.2. The van der Waals surface area contributed by atoms with Gasteiger partial charge in [0.05, 0.1) is 0 Å². The molecular weight excluding hydrogens is 544 g/mol. The Balaban J connectivity index is 1.03. The lowest BCUT2D eigenvalue weighted by molar-refractivity contribution is -0.129. The second-order valence-corrected chi connectivity index (χ2v) is 11.1. The van der Waals surface area contributed by atoms with Crippen LogP contribution in [0.4, 0.5) is 0 Å². The fraction of sp³-hybridized carbons (Fsp3) is 0.265. The summed E-state index contributed by atoms with van der Waals surface area (Å²) in [6, 6.07) is 21.8. The van der Waals surface area contributed by atoms with Crippen molar-refractivity contribution in [2.24, 2.45) is 0 Å². The Labute approximate surface area is 249 Å². The van der Waals surface area contributed by atoms with Gasteiger partial charge in [-0.05, 0) is 55.1 Å². The molecule has 0 bridgehead atoms. The summed E-state index contributed by atoms with van der Waals surface area (Å²) in [6.07, 6.45) is 0.643. The minimum absolute atomic E-state index is 0.102. The second kappa shape index (κ2) is 11.4. The molecule has 0 saturated carbocycles. The molecule has 0 radical (unpaired) electrons. The quantitative estimate of drug-likeness (QED) is 0.264. The van der Waals surface area contributed by atoms with Crippen molar-refractivity contribution in [2.45, 2.75) is 13.3 Å². The number of rotatable bonds is 10. The third-order valence-corrected chi connectivity index (χ3v) is 8.42. The molecule has 9 heteroatoms. The van der Waals surface area contributed by atoms with Crippen molar-refractivity contribution >= 4 is 51.1 Å². The first-order valence-electron chi connectivity index (χ1n) is 14.5. The Morgan fingerprint density at radius 1 is 0.581 bits per heavy atom. The summed E-state index contributed by atoms with van der Waals surface area (Å²) in [5.41, 5.74) is 2.07. The summed E-state index contributed by atoms with van der Waals surface area (Å²) in [5.74, 6) is -1.41. The summed E-state index contributed by atoms with van der Waals surface area (Å²) in [4.78, 5) is 71.4. The first-order chi connectivity index (χ1) is 20.8. The number of imide groups is 2. The molecule has 6 rings (SSSR count). The van der Waals surface area contributed by atoms with Crippen LogP contribution in [0.5, 0.6) is 0 Å². The van der Waals surface area contributed by atoms with E-state index >= 15 is 0 Å². The van der Waals surface area contributed by atoms with Crippen LogP contribution in [-0.2, 0) is 4.79 Å². The molecule has 0 aromatic heterocycles. The van der Waals surface area contributed by atoms with Crippen LogP contribution in [-0.4, -0.2) is 95.5 Å². The largest absolute Gasteiger partial charge is 0.341 e. The van der Waals surface area contributed by atoms with E-state index in [4.69, 9.17) is 0 Å². The van der Waals surface area contributed by atoms with Gasteiger partial charge in [0.15, 0.2) is 0 Å². The monoisotopic (exact) mass is 576 g/mol. The summed E-state index contributed by atoms with van der Waals surface area (Å²) in [6.45, 7) is 3.62. The second-order valence-electron chi connectivity index (χ2n) is 11.1. The first-order valence-corrected chi connectivity index (χ1v) is 14.5. The highest BCUT2D eigenvalue weighted by Crippen LogP contribution is 2.31. The molecule has 9 nitrogen and oxygen atoms in total. The van der Waals surface area contributed by atoms with Gasteiger partial charge in [0.1, 0.15) is 0 Å². The molecule has 0 N–H and O–H groups in total. The van der Waals surface area contributed by atoms with Crippen LogP contribution < -0.4 is 0 Å². The summed E-state index contributed by atoms with van der Waals surface area (Å²) < 4.78 is 0. The molecule has 4 aromatic rings. The molecule has 2 aliphatic rings. The smallest absolute Gasteiger partial charge is 0.261 e. The molecule has 0 fully saturated rings. The van der Waals surface area contributed by atoms with Crippen molar-refractivity contribution in [2.75, 3.05) is 46.3 Å². The van der Waals surface area contributed by atoms with Gasteiger partial charge in [-0.3, -0.25) is 33.8 Å². The van der Waals surface area contributed by atoms with Crippen molar-refractivity contribution in [1.29, 1.82) is 0 Å². The Kier molecular flexibility index (Phi) is 7.50. The van der Waals surface area contributed by atoms with E-state index in [-0.39, 0.29) is 49.2 Å². The predicted molar refractivity (Wildman–Crippen MR) is 163 cm³/mol. The molecule has 43 heavy (non-hydrogen) atoms. The molecular formula is C34H32N4O5. The first kappa shape index (κ1) is 28.2. The van der Waals surface area contributed by atoms with Crippen LogP contribution in [0.2, 0.25) is 0 Å². The topological polar surface area (TPSA) is 98.3 Å². The van der Waals surface area contributed by atoms with Gasteiger partial charge in [0.2, 0.25) is 5.91 Å². The Bertz CT molecular complexity index is 1710. The van der Waals surface area contributed by atoms with Crippen LogP contribution in [0.25, 0.3) is 21.5 Å². The standard InChI is InChI=1S/C34H32N4O5/c1-22(39)36(19-21-38-33(42)27-14-5-10-24-11-6-15-28(30(24)27)34(38)43)17-7-16-35(2)18-20-37-31(40)25-12-3-8-23-9-4-13-26(29(23)25)32(37)41/h3-6,8-15H,7,16-21H2,1-2H3. The Hall–Kier alpha value is -4.89. The maximum Gasteiger partial charge on any atom is 0.261 e. The molecule has 5 amide bonds. The highest BCUT2D eigenvalue weighted by atomic mass is 16.2. The van der Waals surface area contributed by atoms with Crippen molar-refractivity contribution < 1.29 is 24.0 Å². The van der Waals surface area contributed by atoms with Crippen LogP contribution >= 0.6 is 0 Å². The normalized spacial score (nSPS) is 14.4. The maximum absolute atomic E-state index is 13.2. The van der Waals surface area contributed by atoms with E-state index in [1.165, 1.54) is 16.7 Å². The zero-order valence-electron chi connectivity index (χ0n) is 24.2. The molecule has 2 aliphatic heterocycles. The minimum Gasteiger partial charge on any atom is -0.341 e. The highest BCUT2D eigenvalue weighted by Gasteiger charge is 2.34. The number of carbonyl (C=O) groups is 5. The molecule has 0 saturated heterocycles. The number of likely N-dealkylation sites (N-methyl/N-ethyl adjacent to an activating group) is 1. The van der Waals surface area contributed by atoms with Crippen molar-refractivity contribution in [1.82, 2.24) is 19.6 Å². The van der Waals surface area contributed by atoms with Crippen LogP contribution in [0.1, 0.15) is 54.8 Å². The molecule has 4 aromatic carbocycles. The minimum atomic E-state index is -0.349. The number of benzene rings is 4. The molecule has 0 unspecified atom stereocenters. The van der Waals surface area contributed by atoms with Gasteiger partial charge in [-0.25, -0.2) is 0 Å². The molecule has 218 valence electrons. The van der Waals surface area contributed by atoms with E-state index in [0.29, 0.717) is 59.1 Å². The van der Waals surface area contributed by atoms with Gasteiger partial charge in [0, 0.05) is 72.7 Å². The maximum atomic E-state index is 13.2. The van der Waals surface area contributed by atoms with Gasteiger partial charge in [-0.15, -0.1) is 0 Å². The van der Waals surface area contributed by atoms with Gasteiger partial charge in [0.25, 0.3) is 23.6 Å². The number of carbonyl (C=O) groups excluding carboxylic acids is 5. The number of hydrogen-bond donors (Lipinski definition) is 0. The lowest BCUT2D eigenvalue weighted by atomic mass is 9.94. The third kappa shape index (κ3) is 5.06. The molecule has 0 spiro atoms. The van der Waals surface area contributed by atoms with E-state index in [1.807, 2.05) is 60.5 Å². The van der Waals surface area contributed by atoms with E-state index < -0.39 is 0 Å². The fourth-order valence-corrected chi connectivity index (χ4v) is 6.13. The van der Waals surface area contributed by atoms with E-state index in [9.17, 15) is 24.0 Å². The number of amides is 5. The van der Waals surface area contributed by atoms with Crippen LogP contribution in [0.3, 0.4) is 0 Å². The number of hydrogen-bond acceptors (Lipinski definition) is 6. The zero-order chi connectivity index (χ0) is 30.2. The van der Waals surface area contributed by atoms with Crippen LogP contribution in [0, 0.1) is 0 Å². The Morgan fingerprint density at radius 3 is 1.37 bits per heavy atom. The fourth-order valence-electron chi connectivity index (χ4n) is 6.13. The van der Waals surface area contributed by atoms with Crippen molar-refractivity contribution in [3.63, 3.8) is 0 Å². The van der Waals surface area contributed by atoms with E-state index in [2.05, 4.69) is 0 Å². The summed E-state index contributed by atoms with van der Waals surface area (Å²) >= 11 is 0. The molecule has 2 heterocycles. The third-order valence-electron chi connectivity index (χ3n) is 8.42. The van der Waals surface area contributed by atoms with Gasteiger partial charge >= 0.3 is 0 Å². The van der Waals surface area contributed by atoms with E-state index in [1.54, 1.807) is 29.2 Å². The molecule has 0 aliphatic carbocycles. The van der Waals surface area contributed by atoms with Crippen LogP contribution in [0.15, 0.2) is 72.8 Å². The number of nitrogens with zero attached hydrogens (tertiary/aromatic N) is 4. The SMILES string of the molecule is CC(=O)N(CCCN(C)CCN1C(=O)c2cccc3cccc(c23)C1=O)CCN1C(=O)c2cccc3cccc(c23)C1=O. The average Bonchev–Trinajstić information content (AvgIpc) is 3.01. The lowest BCUT2D eigenvalue weighted by Crippen LogP contribution is -2.46. The average molecular weight is 577 g/mol.